The molecular weight excluding hydrogens is 289 g/mol. The zero-order valence-electron chi connectivity index (χ0n) is 13.6. The van der Waals surface area contributed by atoms with Crippen LogP contribution in [0.3, 0.4) is 0 Å². The van der Waals surface area contributed by atoms with Crippen molar-refractivity contribution in [2.45, 2.75) is 33.2 Å². The van der Waals surface area contributed by atoms with Crippen LogP contribution in [-0.4, -0.2) is 5.91 Å². The molecule has 0 heterocycles. The van der Waals surface area contributed by atoms with E-state index in [2.05, 4.69) is 37.4 Å². The van der Waals surface area contributed by atoms with E-state index in [1.165, 1.54) is 29.3 Å². The largest absolute Gasteiger partial charge is 0.348 e. The molecule has 1 N–H and O–H groups in total. The van der Waals surface area contributed by atoms with Crippen LogP contribution in [-0.2, 0) is 24.2 Å². The maximum atomic E-state index is 12.8. The molecule has 0 fully saturated rings. The van der Waals surface area contributed by atoms with Crippen LogP contribution in [0.25, 0.3) is 6.08 Å². The lowest BCUT2D eigenvalue weighted by Gasteiger charge is -2.10. The number of carbonyl (C=O) groups excluding carboxylic acids is 1. The third-order valence-corrected chi connectivity index (χ3v) is 3.81. The second-order valence-corrected chi connectivity index (χ2v) is 5.41. The van der Waals surface area contributed by atoms with E-state index in [1.807, 2.05) is 0 Å². The van der Waals surface area contributed by atoms with Crippen LogP contribution in [0.4, 0.5) is 4.39 Å². The van der Waals surface area contributed by atoms with Crippen molar-refractivity contribution in [3.8, 4) is 0 Å². The number of aryl methyl sites for hydroxylation is 2. The van der Waals surface area contributed by atoms with Gasteiger partial charge in [0.05, 0.1) is 0 Å². The first-order valence-corrected chi connectivity index (χ1v) is 7.94. The first-order valence-electron chi connectivity index (χ1n) is 7.94. The van der Waals surface area contributed by atoms with Crippen LogP contribution >= 0.6 is 0 Å². The van der Waals surface area contributed by atoms with Gasteiger partial charge in [0.2, 0.25) is 5.91 Å². The third kappa shape index (κ3) is 5.06. The normalized spacial score (nSPS) is 10.9. The number of hydrogen-bond donors (Lipinski definition) is 1. The molecule has 0 unspecified atom stereocenters. The fraction of sp³-hybridized carbons (Fsp3) is 0.250. The first-order chi connectivity index (χ1) is 11.1. The van der Waals surface area contributed by atoms with Gasteiger partial charge in [-0.3, -0.25) is 4.79 Å². The molecule has 2 nitrogen and oxygen atoms in total. The van der Waals surface area contributed by atoms with E-state index in [0.717, 1.165) is 24.0 Å². The molecule has 0 aromatic heterocycles. The highest BCUT2D eigenvalue weighted by molar-refractivity contribution is 5.91. The monoisotopic (exact) mass is 311 g/mol. The Morgan fingerprint density at radius 1 is 1.04 bits per heavy atom. The average Bonchev–Trinajstić information content (AvgIpc) is 2.59. The minimum absolute atomic E-state index is 0.154. The maximum Gasteiger partial charge on any atom is 0.244 e. The SMILES string of the molecule is CCc1ccc(CC)c(CNC(=O)/C=C/c2ccc(F)cc2)c1. The van der Waals surface area contributed by atoms with E-state index in [0.29, 0.717) is 6.54 Å². The quantitative estimate of drug-likeness (QED) is 0.793. The smallest absolute Gasteiger partial charge is 0.244 e. The van der Waals surface area contributed by atoms with Crippen molar-refractivity contribution in [3.05, 3.63) is 76.6 Å². The summed E-state index contributed by atoms with van der Waals surface area (Å²) in [6, 6.07) is 12.5. The van der Waals surface area contributed by atoms with Crippen LogP contribution < -0.4 is 5.32 Å². The van der Waals surface area contributed by atoms with E-state index in [9.17, 15) is 9.18 Å². The van der Waals surface area contributed by atoms with E-state index in [-0.39, 0.29) is 11.7 Å². The lowest BCUT2D eigenvalue weighted by molar-refractivity contribution is -0.116. The highest BCUT2D eigenvalue weighted by Crippen LogP contribution is 2.13. The van der Waals surface area contributed by atoms with E-state index >= 15 is 0 Å². The van der Waals surface area contributed by atoms with Crippen molar-refractivity contribution >= 4 is 12.0 Å². The van der Waals surface area contributed by atoms with Crippen molar-refractivity contribution in [1.82, 2.24) is 5.32 Å². The minimum Gasteiger partial charge on any atom is -0.348 e. The Hall–Kier alpha value is -2.42. The van der Waals surface area contributed by atoms with Gasteiger partial charge in [0, 0.05) is 12.6 Å². The fourth-order valence-corrected chi connectivity index (χ4v) is 2.40. The third-order valence-electron chi connectivity index (χ3n) is 3.81. The number of hydrogen-bond acceptors (Lipinski definition) is 1. The van der Waals surface area contributed by atoms with Crippen LogP contribution in [0.1, 0.15) is 36.1 Å². The summed E-state index contributed by atoms with van der Waals surface area (Å²) in [7, 11) is 0. The molecule has 120 valence electrons. The summed E-state index contributed by atoms with van der Waals surface area (Å²) in [5, 5.41) is 2.91. The van der Waals surface area contributed by atoms with Gasteiger partial charge in [-0.1, -0.05) is 44.2 Å². The van der Waals surface area contributed by atoms with Gasteiger partial charge in [0.1, 0.15) is 5.82 Å². The van der Waals surface area contributed by atoms with Crippen molar-refractivity contribution in [1.29, 1.82) is 0 Å². The zero-order chi connectivity index (χ0) is 16.7. The summed E-state index contributed by atoms with van der Waals surface area (Å²) in [6.07, 6.45) is 5.08. The second-order valence-electron chi connectivity index (χ2n) is 5.41. The zero-order valence-corrected chi connectivity index (χ0v) is 13.6. The van der Waals surface area contributed by atoms with Gasteiger partial charge in [0.15, 0.2) is 0 Å². The Labute approximate surface area is 137 Å². The van der Waals surface area contributed by atoms with E-state index < -0.39 is 0 Å². The molecule has 2 aromatic rings. The van der Waals surface area contributed by atoms with E-state index in [4.69, 9.17) is 0 Å². The lowest BCUT2D eigenvalue weighted by atomic mass is 10.0. The molecule has 0 saturated carbocycles. The summed E-state index contributed by atoms with van der Waals surface area (Å²) in [5.41, 5.74) is 4.48. The molecule has 1 amide bonds. The van der Waals surface area contributed by atoms with Gasteiger partial charge in [-0.15, -0.1) is 0 Å². The highest BCUT2D eigenvalue weighted by Gasteiger charge is 2.04. The fourth-order valence-electron chi connectivity index (χ4n) is 2.40. The molecule has 0 aliphatic heterocycles. The highest BCUT2D eigenvalue weighted by atomic mass is 19.1. The lowest BCUT2D eigenvalue weighted by Crippen LogP contribution is -2.21. The molecule has 23 heavy (non-hydrogen) atoms. The van der Waals surface area contributed by atoms with Crippen molar-refractivity contribution in [2.75, 3.05) is 0 Å². The molecule has 0 bridgehead atoms. The Balaban J connectivity index is 1.97. The molecule has 0 radical (unpaired) electrons. The Kier molecular flexibility index (Phi) is 6.10. The molecule has 0 aliphatic carbocycles. The molecule has 0 saturated heterocycles. The van der Waals surface area contributed by atoms with Crippen LogP contribution in [0.5, 0.6) is 0 Å². The van der Waals surface area contributed by atoms with E-state index in [1.54, 1.807) is 18.2 Å². The van der Waals surface area contributed by atoms with Gasteiger partial charge in [0.25, 0.3) is 0 Å². The van der Waals surface area contributed by atoms with Crippen LogP contribution in [0.2, 0.25) is 0 Å². The Morgan fingerprint density at radius 3 is 2.43 bits per heavy atom. The second kappa shape index (κ2) is 8.28. The standard InChI is InChI=1S/C20H22FNO/c1-3-15-5-9-17(4-2)18(13-15)14-22-20(23)12-8-16-6-10-19(21)11-7-16/h5-13H,3-4,14H2,1-2H3,(H,22,23)/b12-8+. The summed E-state index contributed by atoms with van der Waals surface area (Å²) in [6.45, 7) is 4.75. The Morgan fingerprint density at radius 2 is 1.78 bits per heavy atom. The number of halogens is 1. The minimum atomic E-state index is -0.283. The molecule has 0 aliphatic rings. The van der Waals surface area contributed by atoms with Gasteiger partial charge in [-0.2, -0.15) is 0 Å². The molecule has 2 rings (SSSR count). The summed E-state index contributed by atoms with van der Waals surface area (Å²) >= 11 is 0. The molecule has 3 heteroatoms. The molecule has 0 spiro atoms. The van der Waals surface area contributed by atoms with Gasteiger partial charge in [-0.25, -0.2) is 4.39 Å². The predicted octanol–water partition coefficient (Wildman–Crippen LogP) is 4.28. The Bertz CT molecular complexity index is 689. The predicted molar refractivity (Wildman–Crippen MR) is 92.5 cm³/mol. The maximum absolute atomic E-state index is 12.8. The summed E-state index contributed by atoms with van der Waals surface area (Å²) < 4.78 is 12.8. The molecule has 2 aromatic carbocycles. The summed E-state index contributed by atoms with van der Waals surface area (Å²) in [5.74, 6) is -0.437. The number of benzene rings is 2. The number of amides is 1. The first kappa shape index (κ1) is 16.9. The van der Waals surface area contributed by atoms with Crippen molar-refractivity contribution in [2.24, 2.45) is 0 Å². The molecule has 0 atom stereocenters. The topological polar surface area (TPSA) is 29.1 Å². The number of rotatable bonds is 6. The molecular formula is C20H22FNO. The van der Waals surface area contributed by atoms with Gasteiger partial charge >= 0.3 is 0 Å². The number of nitrogens with one attached hydrogen (secondary N) is 1. The number of carbonyl (C=O) groups is 1. The van der Waals surface area contributed by atoms with Crippen LogP contribution in [0, 0.1) is 5.82 Å². The van der Waals surface area contributed by atoms with Crippen molar-refractivity contribution in [3.63, 3.8) is 0 Å². The average molecular weight is 311 g/mol. The van der Waals surface area contributed by atoms with Crippen LogP contribution in [0.15, 0.2) is 48.5 Å². The van der Waals surface area contributed by atoms with Crippen molar-refractivity contribution < 1.29 is 9.18 Å². The van der Waals surface area contributed by atoms with Gasteiger partial charge < -0.3 is 5.32 Å². The van der Waals surface area contributed by atoms with Gasteiger partial charge in [-0.05, 0) is 53.3 Å². The summed E-state index contributed by atoms with van der Waals surface area (Å²) in [4.78, 5) is 11.9.